The second-order valence-corrected chi connectivity index (χ2v) is 11.3. The number of thioether (sulfide) groups is 2. The number of fused-ring (bicyclic) bond motifs is 1. The second kappa shape index (κ2) is 6.47. The molecule has 0 aromatic heterocycles. The number of hydrogen-bond donors (Lipinski definition) is 1. The Morgan fingerprint density at radius 2 is 1.63 bits per heavy atom. The number of benzene rings is 1. The Hall–Kier alpha value is -1.63. The molecule has 3 rings (SSSR count). The molecular weight excluding hydrogens is 372 g/mol. The molecule has 3 atom stereocenters. The zero-order valence-electron chi connectivity index (χ0n) is 16.5. The van der Waals surface area contributed by atoms with Crippen molar-refractivity contribution >= 4 is 29.4 Å². The van der Waals surface area contributed by atoms with Crippen molar-refractivity contribution in [1.82, 2.24) is 0 Å². The minimum absolute atomic E-state index is 0.0537. The highest BCUT2D eigenvalue weighted by Gasteiger charge is 2.91. The van der Waals surface area contributed by atoms with Gasteiger partial charge in [-0.2, -0.15) is 10.5 Å². The highest BCUT2D eigenvalue weighted by atomic mass is 32.2. The van der Waals surface area contributed by atoms with Gasteiger partial charge in [0, 0.05) is 5.92 Å². The van der Waals surface area contributed by atoms with Gasteiger partial charge in [0.05, 0.1) is 12.1 Å². The second-order valence-electron chi connectivity index (χ2n) is 8.09. The summed E-state index contributed by atoms with van der Waals surface area (Å²) in [6.45, 7) is 10.6. The molecule has 3 unspecified atom stereocenters. The molecule has 0 spiro atoms. The van der Waals surface area contributed by atoms with E-state index in [-0.39, 0.29) is 11.3 Å². The Bertz CT molecular complexity index is 850. The molecular formula is C21H26N4S2. The molecule has 0 bridgehead atoms. The number of nitrogens with zero attached hydrogens (tertiary/aromatic N) is 3. The lowest BCUT2D eigenvalue weighted by Crippen LogP contribution is -2.31. The quantitative estimate of drug-likeness (QED) is 0.731. The van der Waals surface area contributed by atoms with Crippen LogP contribution in [0.1, 0.15) is 51.7 Å². The van der Waals surface area contributed by atoms with E-state index in [0.717, 1.165) is 17.1 Å². The maximum absolute atomic E-state index is 10.3. The highest BCUT2D eigenvalue weighted by molar-refractivity contribution is 8.18. The van der Waals surface area contributed by atoms with Crippen molar-refractivity contribution in [3.8, 4) is 12.1 Å². The van der Waals surface area contributed by atoms with Crippen LogP contribution in [-0.2, 0) is 5.41 Å². The molecule has 1 aliphatic heterocycles. The molecule has 6 heteroatoms. The minimum Gasteiger partial charge on any atom is -0.386 e. The van der Waals surface area contributed by atoms with Gasteiger partial charge in [-0.1, -0.05) is 58.9 Å². The van der Waals surface area contributed by atoms with Crippen molar-refractivity contribution < 1.29 is 0 Å². The summed E-state index contributed by atoms with van der Waals surface area (Å²) in [6.07, 6.45) is 0. The molecule has 1 heterocycles. The molecule has 142 valence electrons. The van der Waals surface area contributed by atoms with Crippen LogP contribution in [0, 0.1) is 33.5 Å². The fraction of sp³-hybridized carbons (Fsp3) is 0.571. The summed E-state index contributed by atoms with van der Waals surface area (Å²) in [4.78, 5) is 4.72. The Kier molecular flexibility index (Phi) is 4.82. The summed E-state index contributed by atoms with van der Waals surface area (Å²) in [5, 5.41) is 20.5. The number of nitriles is 2. The summed E-state index contributed by atoms with van der Waals surface area (Å²) in [7, 11) is 0. The van der Waals surface area contributed by atoms with Crippen LogP contribution in [0.2, 0.25) is 0 Å². The summed E-state index contributed by atoms with van der Waals surface area (Å²) in [6, 6.07) is 13.3. The third kappa shape index (κ3) is 2.39. The van der Waals surface area contributed by atoms with Crippen LogP contribution in [-0.4, -0.2) is 21.5 Å². The average molecular weight is 399 g/mol. The topological polar surface area (TPSA) is 86.0 Å². The Labute approximate surface area is 170 Å². The van der Waals surface area contributed by atoms with Gasteiger partial charge in [0.2, 0.25) is 0 Å². The maximum atomic E-state index is 10.3. The van der Waals surface area contributed by atoms with Gasteiger partial charge >= 0.3 is 0 Å². The van der Waals surface area contributed by atoms with Gasteiger partial charge in [0.15, 0.2) is 4.20 Å². The smallest absolute Gasteiger partial charge is 0.175 e. The summed E-state index contributed by atoms with van der Waals surface area (Å²) >= 11 is 3.26. The van der Waals surface area contributed by atoms with E-state index in [0.29, 0.717) is 5.84 Å². The van der Waals surface area contributed by atoms with Crippen molar-refractivity contribution in [3.05, 3.63) is 35.4 Å². The van der Waals surface area contributed by atoms with Gasteiger partial charge < -0.3 is 5.73 Å². The first-order chi connectivity index (χ1) is 12.7. The van der Waals surface area contributed by atoms with Crippen LogP contribution < -0.4 is 5.73 Å². The lowest BCUT2D eigenvalue weighted by Gasteiger charge is -2.31. The number of aliphatic imine (C=N–C) groups is 1. The van der Waals surface area contributed by atoms with Crippen LogP contribution in [0.25, 0.3) is 0 Å². The summed E-state index contributed by atoms with van der Waals surface area (Å²) in [5.41, 5.74) is 6.66. The fourth-order valence-electron chi connectivity index (χ4n) is 4.43. The van der Waals surface area contributed by atoms with E-state index in [2.05, 4.69) is 71.0 Å². The van der Waals surface area contributed by atoms with Gasteiger partial charge in [-0.05, 0) is 28.0 Å². The maximum Gasteiger partial charge on any atom is 0.175 e. The zero-order valence-corrected chi connectivity index (χ0v) is 18.2. The Balaban J connectivity index is 2.15. The lowest BCUT2D eigenvalue weighted by atomic mass is 9.86. The normalized spacial score (nSPS) is 30.8. The van der Waals surface area contributed by atoms with E-state index in [9.17, 15) is 10.5 Å². The van der Waals surface area contributed by atoms with Gasteiger partial charge in [-0.25, -0.2) is 4.99 Å². The average Bonchev–Trinajstić information content (AvgIpc) is 3.20. The largest absolute Gasteiger partial charge is 0.386 e. The Morgan fingerprint density at radius 1 is 1.07 bits per heavy atom. The monoisotopic (exact) mass is 398 g/mol. The van der Waals surface area contributed by atoms with Crippen LogP contribution in [0.5, 0.6) is 0 Å². The third-order valence-electron chi connectivity index (χ3n) is 5.72. The number of hydrogen-bond acceptors (Lipinski definition) is 6. The summed E-state index contributed by atoms with van der Waals surface area (Å²) < 4.78 is -0.724. The van der Waals surface area contributed by atoms with E-state index in [1.165, 1.54) is 5.56 Å². The first kappa shape index (κ1) is 20.1. The van der Waals surface area contributed by atoms with Crippen molar-refractivity contribution in [1.29, 1.82) is 10.5 Å². The van der Waals surface area contributed by atoms with Gasteiger partial charge in [0.1, 0.15) is 16.7 Å². The molecule has 1 fully saturated rings. The number of amidine groups is 1. The van der Waals surface area contributed by atoms with Gasteiger partial charge in [-0.15, -0.1) is 23.5 Å². The molecule has 1 saturated carbocycles. The highest BCUT2D eigenvalue weighted by Crippen LogP contribution is 2.85. The lowest BCUT2D eigenvalue weighted by molar-refractivity contribution is 0.563. The molecule has 0 radical (unpaired) electrons. The van der Waals surface area contributed by atoms with E-state index >= 15 is 0 Å². The standard InChI is InChI=1S/C21H26N4S2/c1-6-26-21(27-7-2)20(13-23)16(19(20,12-22)17(24)25-21)14-8-10-15(11-9-14)18(3,4)5/h8-11,16H,6-7H2,1-5H3,(H2,24,25). The zero-order chi connectivity index (χ0) is 20.1. The van der Waals surface area contributed by atoms with Crippen LogP contribution in [0.3, 0.4) is 0 Å². The van der Waals surface area contributed by atoms with Crippen LogP contribution in [0.15, 0.2) is 29.3 Å². The SMILES string of the molecule is CCSC1(SCC)N=C(N)C2(C#N)C(c3ccc(C(C)(C)C)cc3)C12C#N. The van der Waals surface area contributed by atoms with E-state index < -0.39 is 15.0 Å². The molecule has 2 N–H and O–H groups in total. The molecule has 1 aromatic rings. The third-order valence-corrected chi connectivity index (χ3v) is 8.61. The van der Waals surface area contributed by atoms with Crippen molar-refractivity contribution in [3.63, 3.8) is 0 Å². The van der Waals surface area contributed by atoms with Crippen LogP contribution >= 0.6 is 23.5 Å². The Morgan fingerprint density at radius 3 is 2.04 bits per heavy atom. The first-order valence-electron chi connectivity index (χ1n) is 9.27. The molecule has 1 aromatic carbocycles. The predicted molar refractivity (Wildman–Crippen MR) is 115 cm³/mol. The minimum atomic E-state index is -1.03. The van der Waals surface area contributed by atoms with Crippen molar-refractivity contribution in [2.45, 2.75) is 50.2 Å². The van der Waals surface area contributed by atoms with E-state index in [1.807, 2.05) is 0 Å². The molecule has 27 heavy (non-hydrogen) atoms. The first-order valence-corrected chi connectivity index (χ1v) is 11.2. The van der Waals surface area contributed by atoms with Gasteiger partial charge in [0.25, 0.3) is 0 Å². The van der Waals surface area contributed by atoms with E-state index in [4.69, 9.17) is 10.7 Å². The number of nitrogens with two attached hydrogens (primary N) is 1. The van der Waals surface area contributed by atoms with Gasteiger partial charge in [-0.3, -0.25) is 0 Å². The van der Waals surface area contributed by atoms with E-state index in [1.54, 1.807) is 23.5 Å². The molecule has 1 aliphatic carbocycles. The molecule has 4 nitrogen and oxygen atoms in total. The molecule has 2 aliphatic rings. The summed E-state index contributed by atoms with van der Waals surface area (Å²) in [5.74, 6) is 1.69. The molecule has 0 saturated heterocycles. The fourth-order valence-corrected chi connectivity index (χ4v) is 7.68. The van der Waals surface area contributed by atoms with Crippen molar-refractivity contribution in [2.24, 2.45) is 21.6 Å². The molecule has 0 amide bonds. The van der Waals surface area contributed by atoms with Crippen molar-refractivity contribution in [2.75, 3.05) is 11.5 Å². The van der Waals surface area contributed by atoms with Crippen LogP contribution in [0.4, 0.5) is 0 Å². The predicted octanol–water partition coefficient (Wildman–Crippen LogP) is 4.63. The number of rotatable bonds is 5.